The largest absolute Gasteiger partial charge is 0.389 e. The molecule has 0 aliphatic heterocycles. The number of rotatable bonds is 1. The number of hydrogen-bond donors (Lipinski definition) is 2. The van der Waals surface area contributed by atoms with Gasteiger partial charge in [-0.15, -0.1) is 0 Å². The first-order valence-electron chi connectivity index (χ1n) is 6.11. The molecule has 1 saturated carbocycles. The van der Waals surface area contributed by atoms with Gasteiger partial charge in [-0.25, -0.2) is 0 Å². The topological polar surface area (TPSA) is 59.1 Å². The standard InChI is InChI=1S/C13H18N2O/c14-10-5-6-13(16,8-10)11-4-3-9-2-1-7-15-12(9)11/h1-2,7,10-11,16H,3-6,8,14H2. The molecule has 0 radical (unpaired) electrons. The van der Waals surface area contributed by atoms with Gasteiger partial charge < -0.3 is 10.8 Å². The molecule has 0 amide bonds. The van der Waals surface area contributed by atoms with E-state index in [1.54, 1.807) is 0 Å². The molecule has 0 saturated heterocycles. The van der Waals surface area contributed by atoms with Crippen LogP contribution in [0, 0.1) is 0 Å². The lowest BCUT2D eigenvalue weighted by Gasteiger charge is -2.29. The number of aromatic nitrogens is 1. The molecule has 3 N–H and O–H groups in total. The fraction of sp³-hybridized carbons (Fsp3) is 0.615. The van der Waals surface area contributed by atoms with E-state index < -0.39 is 5.60 Å². The van der Waals surface area contributed by atoms with Crippen LogP contribution in [0.15, 0.2) is 18.3 Å². The average Bonchev–Trinajstić information content (AvgIpc) is 2.83. The molecular weight excluding hydrogens is 200 g/mol. The van der Waals surface area contributed by atoms with E-state index >= 15 is 0 Å². The van der Waals surface area contributed by atoms with Gasteiger partial charge in [-0.1, -0.05) is 6.07 Å². The van der Waals surface area contributed by atoms with Crippen molar-refractivity contribution in [2.45, 2.75) is 49.7 Å². The van der Waals surface area contributed by atoms with Crippen LogP contribution in [0.1, 0.15) is 42.9 Å². The number of aryl methyl sites for hydroxylation is 1. The molecule has 16 heavy (non-hydrogen) atoms. The number of hydrogen-bond acceptors (Lipinski definition) is 3. The Morgan fingerprint density at radius 1 is 1.44 bits per heavy atom. The van der Waals surface area contributed by atoms with E-state index in [0.717, 1.165) is 37.8 Å². The summed E-state index contributed by atoms with van der Waals surface area (Å²) < 4.78 is 0. The summed E-state index contributed by atoms with van der Waals surface area (Å²) in [5, 5.41) is 10.7. The highest BCUT2D eigenvalue weighted by Gasteiger charge is 2.46. The Bertz CT molecular complexity index is 407. The van der Waals surface area contributed by atoms with Gasteiger partial charge in [0.1, 0.15) is 0 Å². The molecule has 3 heteroatoms. The van der Waals surface area contributed by atoms with Gasteiger partial charge in [0.15, 0.2) is 0 Å². The predicted octanol–water partition coefficient (Wildman–Crippen LogP) is 1.35. The van der Waals surface area contributed by atoms with Gasteiger partial charge in [-0.2, -0.15) is 0 Å². The van der Waals surface area contributed by atoms with Crippen molar-refractivity contribution in [2.24, 2.45) is 5.73 Å². The van der Waals surface area contributed by atoms with Crippen molar-refractivity contribution in [3.8, 4) is 0 Å². The molecule has 1 fully saturated rings. The Labute approximate surface area is 95.7 Å². The molecule has 3 atom stereocenters. The van der Waals surface area contributed by atoms with Crippen LogP contribution in [0.2, 0.25) is 0 Å². The Hall–Kier alpha value is -0.930. The number of pyridine rings is 1. The summed E-state index contributed by atoms with van der Waals surface area (Å²) in [6.07, 6.45) is 6.40. The second-order valence-electron chi connectivity index (χ2n) is 5.25. The summed E-state index contributed by atoms with van der Waals surface area (Å²) >= 11 is 0. The van der Waals surface area contributed by atoms with E-state index in [1.165, 1.54) is 5.56 Å². The van der Waals surface area contributed by atoms with E-state index in [-0.39, 0.29) is 12.0 Å². The molecule has 0 spiro atoms. The Balaban J connectivity index is 1.93. The normalized spacial score (nSPS) is 37.6. The first-order valence-corrected chi connectivity index (χ1v) is 6.11. The second kappa shape index (κ2) is 3.54. The maximum atomic E-state index is 10.7. The second-order valence-corrected chi connectivity index (χ2v) is 5.25. The first-order chi connectivity index (χ1) is 7.69. The van der Waals surface area contributed by atoms with Gasteiger partial charge in [0.25, 0.3) is 0 Å². The minimum atomic E-state index is -0.598. The Morgan fingerprint density at radius 3 is 3.06 bits per heavy atom. The van der Waals surface area contributed by atoms with Gasteiger partial charge in [0, 0.05) is 23.9 Å². The zero-order valence-corrected chi connectivity index (χ0v) is 9.39. The monoisotopic (exact) mass is 218 g/mol. The highest BCUT2D eigenvalue weighted by Crippen LogP contribution is 2.46. The molecule has 1 heterocycles. The van der Waals surface area contributed by atoms with Crippen LogP contribution in [-0.4, -0.2) is 21.7 Å². The molecule has 3 unspecified atom stereocenters. The summed E-state index contributed by atoms with van der Waals surface area (Å²) in [6, 6.07) is 4.27. The third-order valence-corrected chi connectivity index (χ3v) is 4.17. The molecule has 1 aromatic heterocycles. The van der Waals surface area contributed by atoms with Gasteiger partial charge in [0.2, 0.25) is 0 Å². The van der Waals surface area contributed by atoms with Crippen LogP contribution >= 0.6 is 0 Å². The number of nitrogens with zero attached hydrogens (tertiary/aromatic N) is 1. The number of nitrogens with two attached hydrogens (primary N) is 1. The van der Waals surface area contributed by atoms with Crippen molar-refractivity contribution >= 4 is 0 Å². The lowest BCUT2D eigenvalue weighted by atomic mass is 9.83. The zero-order valence-electron chi connectivity index (χ0n) is 9.39. The Morgan fingerprint density at radius 2 is 2.31 bits per heavy atom. The Kier molecular flexibility index (Phi) is 2.26. The molecule has 0 bridgehead atoms. The van der Waals surface area contributed by atoms with Crippen molar-refractivity contribution in [1.82, 2.24) is 4.98 Å². The molecule has 2 aliphatic carbocycles. The zero-order chi connectivity index (χ0) is 11.2. The lowest BCUT2D eigenvalue weighted by Crippen LogP contribution is -2.34. The maximum Gasteiger partial charge on any atom is 0.0746 e. The molecule has 3 nitrogen and oxygen atoms in total. The summed E-state index contributed by atoms with van der Waals surface area (Å²) in [5.41, 5.74) is 7.74. The third-order valence-electron chi connectivity index (χ3n) is 4.17. The molecule has 1 aromatic rings. The molecule has 2 aliphatic rings. The van der Waals surface area contributed by atoms with Crippen LogP contribution in [0.3, 0.4) is 0 Å². The summed E-state index contributed by atoms with van der Waals surface area (Å²) in [6.45, 7) is 0. The fourth-order valence-corrected chi connectivity index (χ4v) is 3.35. The quantitative estimate of drug-likeness (QED) is 0.748. The molecule has 0 aromatic carbocycles. The van der Waals surface area contributed by atoms with E-state index in [9.17, 15) is 5.11 Å². The van der Waals surface area contributed by atoms with Crippen LogP contribution in [0.25, 0.3) is 0 Å². The molecule has 3 rings (SSSR count). The molecular formula is C13H18N2O. The number of fused-ring (bicyclic) bond motifs is 1. The fourth-order valence-electron chi connectivity index (χ4n) is 3.35. The van der Waals surface area contributed by atoms with E-state index in [0.29, 0.717) is 0 Å². The van der Waals surface area contributed by atoms with Gasteiger partial charge in [0.05, 0.1) is 5.60 Å². The highest BCUT2D eigenvalue weighted by molar-refractivity contribution is 5.31. The van der Waals surface area contributed by atoms with Crippen molar-refractivity contribution in [1.29, 1.82) is 0 Å². The van der Waals surface area contributed by atoms with Gasteiger partial charge in [-0.3, -0.25) is 4.98 Å². The highest BCUT2D eigenvalue weighted by atomic mass is 16.3. The van der Waals surface area contributed by atoms with E-state index in [2.05, 4.69) is 11.1 Å². The van der Waals surface area contributed by atoms with Crippen molar-refractivity contribution in [3.63, 3.8) is 0 Å². The van der Waals surface area contributed by atoms with Crippen molar-refractivity contribution in [3.05, 3.63) is 29.6 Å². The summed E-state index contributed by atoms with van der Waals surface area (Å²) in [5.74, 6) is 0.206. The van der Waals surface area contributed by atoms with Crippen molar-refractivity contribution in [2.75, 3.05) is 0 Å². The van der Waals surface area contributed by atoms with E-state index in [1.807, 2.05) is 12.3 Å². The van der Waals surface area contributed by atoms with Crippen LogP contribution in [0.5, 0.6) is 0 Å². The van der Waals surface area contributed by atoms with Crippen molar-refractivity contribution < 1.29 is 5.11 Å². The SMILES string of the molecule is NC1CCC(O)(C2CCc3cccnc32)C1. The minimum absolute atomic E-state index is 0.165. The smallest absolute Gasteiger partial charge is 0.0746 e. The summed E-state index contributed by atoms with van der Waals surface area (Å²) in [4.78, 5) is 4.45. The predicted molar refractivity (Wildman–Crippen MR) is 62.1 cm³/mol. The van der Waals surface area contributed by atoms with Crippen LogP contribution in [-0.2, 0) is 6.42 Å². The summed E-state index contributed by atoms with van der Waals surface area (Å²) in [7, 11) is 0. The van der Waals surface area contributed by atoms with Crippen LogP contribution in [0.4, 0.5) is 0 Å². The average molecular weight is 218 g/mol. The van der Waals surface area contributed by atoms with Gasteiger partial charge in [-0.05, 0) is 43.7 Å². The first kappa shape index (κ1) is 10.2. The molecule has 86 valence electrons. The minimum Gasteiger partial charge on any atom is -0.389 e. The van der Waals surface area contributed by atoms with Crippen LogP contribution < -0.4 is 5.73 Å². The van der Waals surface area contributed by atoms with E-state index in [4.69, 9.17) is 5.73 Å². The van der Waals surface area contributed by atoms with Gasteiger partial charge >= 0.3 is 0 Å². The lowest BCUT2D eigenvalue weighted by molar-refractivity contribution is 0.0167. The third kappa shape index (κ3) is 1.46. The maximum absolute atomic E-state index is 10.7. The number of aliphatic hydroxyl groups is 1.